The molecule has 2 rings (SSSR count). The highest BCUT2D eigenvalue weighted by Gasteiger charge is 2.25. The van der Waals surface area contributed by atoms with E-state index in [4.69, 9.17) is 0 Å². The third-order valence-corrected chi connectivity index (χ3v) is 4.76. The van der Waals surface area contributed by atoms with Crippen LogP contribution in [0.1, 0.15) is 42.2 Å². The molecule has 0 aliphatic carbocycles. The molecule has 0 amide bonds. The Hall–Kier alpha value is -0.900. The highest BCUT2D eigenvalue weighted by atomic mass is 16.3. The number of benzene rings is 1. The number of aliphatic hydroxyl groups is 1. The van der Waals surface area contributed by atoms with E-state index in [0.717, 1.165) is 38.3 Å². The van der Waals surface area contributed by atoms with Gasteiger partial charge in [-0.05, 0) is 50.9 Å². The second-order valence-corrected chi connectivity index (χ2v) is 6.57. The fourth-order valence-corrected chi connectivity index (χ4v) is 3.76. The molecule has 1 saturated heterocycles. The fourth-order valence-electron chi connectivity index (χ4n) is 3.76. The summed E-state index contributed by atoms with van der Waals surface area (Å²) in [4.78, 5) is 4.91. The van der Waals surface area contributed by atoms with Crippen molar-refractivity contribution in [2.75, 3.05) is 32.7 Å². The lowest BCUT2D eigenvalue weighted by molar-refractivity contribution is 0.0475. The summed E-state index contributed by atoms with van der Waals surface area (Å²) < 4.78 is 0. The minimum absolute atomic E-state index is 0.383. The summed E-state index contributed by atoms with van der Waals surface area (Å²) in [5.74, 6) is 0. The van der Waals surface area contributed by atoms with E-state index in [1.165, 1.54) is 16.7 Å². The largest absolute Gasteiger partial charge is 0.387 e. The number of β-amino-alcohol motifs (C(OH)–C–C–N with tert-alkyl or cyclic N) is 1. The van der Waals surface area contributed by atoms with Crippen LogP contribution in [0.25, 0.3) is 0 Å². The van der Waals surface area contributed by atoms with E-state index in [0.29, 0.717) is 6.04 Å². The van der Waals surface area contributed by atoms with Crippen LogP contribution in [-0.2, 0) is 0 Å². The summed E-state index contributed by atoms with van der Waals surface area (Å²) in [5, 5.41) is 10.7. The van der Waals surface area contributed by atoms with Crippen LogP contribution >= 0.6 is 0 Å². The van der Waals surface area contributed by atoms with E-state index in [9.17, 15) is 5.11 Å². The molecule has 3 heteroatoms. The molecule has 0 saturated carbocycles. The average Bonchev–Trinajstić information content (AvgIpc) is 2.37. The van der Waals surface area contributed by atoms with Crippen molar-refractivity contribution in [3.63, 3.8) is 0 Å². The van der Waals surface area contributed by atoms with Crippen LogP contribution in [0.5, 0.6) is 0 Å². The first-order valence-electron chi connectivity index (χ1n) is 8.14. The third kappa shape index (κ3) is 3.85. The molecule has 118 valence electrons. The van der Waals surface area contributed by atoms with Gasteiger partial charge in [0.25, 0.3) is 0 Å². The molecule has 0 aromatic heterocycles. The zero-order chi connectivity index (χ0) is 15.6. The van der Waals surface area contributed by atoms with Gasteiger partial charge in [0.1, 0.15) is 0 Å². The first-order chi connectivity index (χ1) is 9.92. The van der Waals surface area contributed by atoms with Gasteiger partial charge in [0, 0.05) is 32.2 Å². The van der Waals surface area contributed by atoms with Crippen molar-refractivity contribution in [2.45, 2.75) is 46.8 Å². The van der Waals surface area contributed by atoms with Crippen LogP contribution in [-0.4, -0.2) is 53.7 Å². The average molecular weight is 290 g/mol. The van der Waals surface area contributed by atoms with Crippen molar-refractivity contribution >= 4 is 0 Å². The van der Waals surface area contributed by atoms with Gasteiger partial charge in [0.2, 0.25) is 0 Å². The van der Waals surface area contributed by atoms with Crippen LogP contribution in [0.3, 0.4) is 0 Å². The molecule has 1 aliphatic heterocycles. The van der Waals surface area contributed by atoms with Gasteiger partial charge in [-0.3, -0.25) is 9.80 Å². The summed E-state index contributed by atoms with van der Waals surface area (Å²) in [6.45, 7) is 15.9. The molecule has 0 spiro atoms. The van der Waals surface area contributed by atoms with E-state index < -0.39 is 0 Å². The van der Waals surface area contributed by atoms with Crippen molar-refractivity contribution in [2.24, 2.45) is 0 Å². The predicted octanol–water partition coefficient (Wildman–Crippen LogP) is 2.67. The Balaban J connectivity index is 2.04. The summed E-state index contributed by atoms with van der Waals surface area (Å²) in [5.41, 5.74) is 4.80. The molecule has 21 heavy (non-hydrogen) atoms. The molecule has 1 heterocycles. The van der Waals surface area contributed by atoms with Crippen LogP contribution in [0.4, 0.5) is 0 Å². The number of aliphatic hydroxyl groups excluding tert-OH is 1. The summed E-state index contributed by atoms with van der Waals surface area (Å²) in [6.07, 6.45) is -0.383. The van der Waals surface area contributed by atoms with Crippen molar-refractivity contribution in [1.82, 2.24) is 9.80 Å². The topological polar surface area (TPSA) is 26.7 Å². The van der Waals surface area contributed by atoms with E-state index in [1.54, 1.807) is 0 Å². The number of aryl methyl sites for hydroxylation is 3. The molecule has 1 aliphatic rings. The molecule has 2 atom stereocenters. The van der Waals surface area contributed by atoms with E-state index in [1.807, 2.05) is 0 Å². The summed E-state index contributed by atoms with van der Waals surface area (Å²) in [7, 11) is 0. The van der Waals surface area contributed by atoms with Gasteiger partial charge in [-0.1, -0.05) is 24.6 Å². The lowest BCUT2D eigenvalue weighted by Crippen LogP contribution is -2.52. The third-order valence-electron chi connectivity index (χ3n) is 4.76. The Morgan fingerprint density at radius 2 is 1.81 bits per heavy atom. The monoisotopic (exact) mass is 290 g/mol. The van der Waals surface area contributed by atoms with Crippen molar-refractivity contribution in [3.8, 4) is 0 Å². The predicted molar refractivity (Wildman–Crippen MR) is 88.8 cm³/mol. The lowest BCUT2D eigenvalue weighted by Gasteiger charge is -2.40. The summed E-state index contributed by atoms with van der Waals surface area (Å²) >= 11 is 0. The lowest BCUT2D eigenvalue weighted by atomic mass is 9.95. The van der Waals surface area contributed by atoms with Gasteiger partial charge in [-0.15, -0.1) is 0 Å². The van der Waals surface area contributed by atoms with Gasteiger partial charge < -0.3 is 5.11 Å². The maximum absolute atomic E-state index is 10.7. The number of hydrogen-bond acceptors (Lipinski definition) is 3. The molecule has 2 unspecified atom stereocenters. The molecule has 1 aromatic rings. The molecular formula is C18H30N2O. The zero-order valence-corrected chi connectivity index (χ0v) is 14.2. The second-order valence-electron chi connectivity index (χ2n) is 6.57. The van der Waals surface area contributed by atoms with E-state index in [-0.39, 0.29) is 6.10 Å². The standard InChI is InChI=1S/C18H30N2O/c1-6-20-8-7-19(11-16(20)5)12-17(21)18-14(3)9-13(2)10-15(18)4/h9-10,16-17,21H,6-8,11-12H2,1-5H3. The number of rotatable bonds is 4. The van der Waals surface area contributed by atoms with Crippen molar-refractivity contribution < 1.29 is 5.11 Å². The summed E-state index contributed by atoms with van der Waals surface area (Å²) in [6, 6.07) is 4.92. The van der Waals surface area contributed by atoms with Gasteiger partial charge in [0.05, 0.1) is 6.10 Å². The highest BCUT2D eigenvalue weighted by molar-refractivity contribution is 5.39. The van der Waals surface area contributed by atoms with Gasteiger partial charge in [0.15, 0.2) is 0 Å². The fraction of sp³-hybridized carbons (Fsp3) is 0.667. The van der Waals surface area contributed by atoms with Gasteiger partial charge >= 0.3 is 0 Å². The molecule has 3 nitrogen and oxygen atoms in total. The molecule has 0 radical (unpaired) electrons. The minimum atomic E-state index is -0.383. The Labute approximate surface area is 129 Å². The smallest absolute Gasteiger partial charge is 0.0922 e. The number of piperazine rings is 1. The van der Waals surface area contributed by atoms with Crippen LogP contribution in [0, 0.1) is 20.8 Å². The number of nitrogens with zero attached hydrogens (tertiary/aromatic N) is 2. The van der Waals surface area contributed by atoms with Crippen molar-refractivity contribution in [3.05, 3.63) is 34.4 Å². The van der Waals surface area contributed by atoms with Crippen LogP contribution < -0.4 is 0 Å². The maximum Gasteiger partial charge on any atom is 0.0922 e. The van der Waals surface area contributed by atoms with Crippen LogP contribution in [0.2, 0.25) is 0 Å². The quantitative estimate of drug-likeness (QED) is 0.923. The van der Waals surface area contributed by atoms with E-state index in [2.05, 4.69) is 56.6 Å². The maximum atomic E-state index is 10.7. The minimum Gasteiger partial charge on any atom is -0.387 e. The first kappa shape index (κ1) is 16.5. The zero-order valence-electron chi connectivity index (χ0n) is 14.2. The Morgan fingerprint density at radius 3 is 2.33 bits per heavy atom. The van der Waals surface area contributed by atoms with Crippen LogP contribution in [0.15, 0.2) is 12.1 Å². The first-order valence-corrected chi connectivity index (χ1v) is 8.14. The Kier molecular flexibility index (Phi) is 5.42. The molecule has 1 aromatic carbocycles. The molecule has 1 N–H and O–H groups in total. The SMILES string of the molecule is CCN1CCN(CC(O)c2c(C)cc(C)cc2C)CC1C. The van der Waals surface area contributed by atoms with E-state index >= 15 is 0 Å². The number of likely N-dealkylation sites (N-methyl/N-ethyl adjacent to an activating group) is 1. The number of hydrogen-bond donors (Lipinski definition) is 1. The normalized spacial score (nSPS) is 22.5. The van der Waals surface area contributed by atoms with Gasteiger partial charge in [-0.25, -0.2) is 0 Å². The Bertz CT molecular complexity index is 463. The van der Waals surface area contributed by atoms with Gasteiger partial charge in [-0.2, -0.15) is 0 Å². The Morgan fingerprint density at radius 1 is 1.19 bits per heavy atom. The molecule has 0 bridgehead atoms. The van der Waals surface area contributed by atoms with Crippen molar-refractivity contribution in [1.29, 1.82) is 0 Å². The molecular weight excluding hydrogens is 260 g/mol. The highest BCUT2D eigenvalue weighted by Crippen LogP contribution is 2.25. The second kappa shape index (κ2) is 6.91. The molecule has 1 fully saturated rings.